The number of aromatic nitrogens is 3. The Hall–Kier alpha value is -4.30. The number of aliphatic carboxylic acids is 2. The predicted molar refractivity (Wildman–Crippen MR) is 142 cm³/mol. The highest BCUT2D eigenvalue weighted by Gasteiger charge is 2.53. The molecule has 20 heteroatoms. The monoisotopic (exact) mass is 610 g/mol. The summed E-state index contributed by atoms with van der Waals surface area (Å²) in [5.41, 5.74) is 16.8. The molecule has 1 fully saturated rings. The molecule has 1 saturated heterocycles. The number of rotatable bonds is 10. The van der Waals surface area contributed by atoms with Crippen molar-refractivity contribution in [3.8, 4) is 0 Å². The number of amides is 2. The van der Waals surface area contributed by atoms with E-state index in [1.54, 1.807) is 0 Å². The third-order valence-corrected chi connectivity index (χ3v) is 8.59. The van der Waals surface area contributed by atoms with Crippen LogP contribution in [0.2, 0.25) is 0 Å². The molecule has 4 heterocycles. The number of carboxylic acids is 2. The summed E-state index contributed by atoms with van der Waals surface area (Å²) in [5, 5.41) is 28.2. The van der Waals surface area contributed by atoms with E-state index in [2.05, 4.69) is 20.4 Å². The van der Waals surface area contributed by atoms with Crippen LogP contribution in [0.5, 0.6) is 0 Å². The van der Waals surface area contributed by atoms with Gasteiger partial charge in [0.1, 0.15) is 17.1 Å². The summed E-state index contributed by atoms with van der Waals surface area (Å²) in [6, 6.07) is 0.239. The van der Waals surface area contributed by atoms with Crippen LogP contribution in [0.1, 0.15) is 12.6 Å². The molecule has 212 valence electrons. The van der Waals surface area contributed by atoms with E-state index in [4.69, 9.17) is 33.0 Å². The van der Waals surface area contributed by atoms with Crippen molar-refractivity contribution in [1.29, 1.82) is 0 Å². The molecule has 40 heavy (non-hydrogen) atoms. The van der Waals surface area contributed by atoms with Crippen LogP contribution in [0, 0.1) is 0 Å². The van der Waals surface area contributed by atoms with Gasteiger partial charge < -0.3 is 42.4 Å². The summed E-state index contributed by atoms with van der Waals surface area (Å²) in [7, 11) is 0. The number of thiazole rings is 1. The van der Waals surface area contributed by atoms with Crippen molar-refractivity contribution in [3.63, 3.8) is 0 Å². The largest absolute Gasteiger partial charge is 0.543 e. The van der Waals surface area contributed by atoms with Gasteiger partial charge in [-0.1, -0.05) is 10.1 Å². The third kappa shape index (κ3) is 5.67. The van der Waals surface area contributed by atoms with Crippen LogP contribution in [0.25, 0.3) is 0 Å². The molecular weight excluding hydrogens is 588 g/mol. The fourth-order valence-electron chi connectivity index (χ4n) is 3.55. The molecule has 0 aromatic carbocycles. The van der Waals surface area contributed by atoms with Crippen LogP contribution in [0.4, 0.5) is 16.8 Å². The molecule has 2 aliphatic heterocycles. The van der Waals surface area contributed by atoms with E-state index in [0.717, 1.165) is 32.7 Å². The van der Waals surface area contributed by atoms with Crippen LogP contribution in [-0.4, -0.2) is 78.5 Å². The van der Waals surface area contributed by atoms with Crippen molar-refractivity contribution >= 4 is 81.1 Å². The Morgan fingerprint density at radius 3 is 2.73 bits per heavy atom. The van der Waals surface area contributed by atoms with Gasteiger partial charge >= 0.3 is 11.1 Å². The number of hydrogen-bond acceptors (Lipinski definition) is 16. The molecule has 0 bridgehead atoms. The third-order valence-electron chi connectivity index (χ3n) is 5.54. The highest BCUT2D eigenvalue weighted by Crippen LogP contribution is 2.41. The van der Waals surface area contributed by atoms with Crippen LogP contribution >= 0.6 is 34.9 Å². The van der Waals surface area contributed by atoms with Gasteiger partial charge in [0.25, 0.3) is 11.8 Å². The minimum absolute atomic E-state index is 0.0000780. The molecule has 2 aromatic heterocycles. The van der Waals surface area contributed by atoms with Crippen molar-refractivity contribution in [2.75, 3.05) is 34.5 Å². The zero-order valence-corrected chi connectivity index (χ0v) is 22.9. The first-order chi connectivity index (χ1) is 18.9. The predicted octanol–water partition coefficient (Wildman–Crippen LogP) is -3.32. The van der Waals surface area contributed by atoms with E-state index in [-0.39, 0.29) is 44.8 Å². The summed E-state index contributed by atoms with van der Waals surface area (Å²) in [5.74, 6) is 1.90. The molecule has 2 amide bonds. The molecule has 4 rings (SSSR count). The zero-order chi connectivity index (χ0) is 29.3. The number of carbonyl (C=O) groups excluding carboxylic acids is 3. The topological polar surface area (TPSA) is 282 Å². The number of nitrogens with zero attached hydrogens (tertiary/aromatic N) is 5. The van der Waals surface area contributed by atoms with Gasteiger partial charge in [0.05, 0.1) is 17.7 Å². The van der Waals surface area contributed by atoms with Gasteiger partial charge in [-0.2, -0.15) is 0 Å². The fourth-order valence-corrected chi connectivity index (χ4v) is 6.53. The molecule has 2 aromatic rings. The van der Waals surface area contributed by atoms with E-state index in [1.807, 2.05) is 0 Å². The quantitative estimate of drug-likeness (QED) is 0.0292. The Morgan fingerprint density at radius 2 is 2.10 bits per heavy atom. The minimum atomic E-state index is -1.57. The SMILES string of the molecule is CC(O/N=C(\C(=O)NC1C(=O)N2C(C(=O)[O-])=C(CSc3nc(N)cc(N)[n+]3N)CS[C@H]12)c1csc(N)n1)C(=O)O. The summed E-state index contributed by atoms with van der Waals surface area (Å²) in [6.07, 6.45) is -1.38. The minimum Gasteiger partial charge on any atom is -0.543 e. The number of nitrogens with two attached hydrogens (primary N) is 4. The lowest BCUT2D eigenvalue weighted by atomic mass is 10.0. The first kappa shape index (κ1) is 28.7. The average molecular weight is 611 g/mol. The number of β-lactam (4-membered cyclic amide) rings is 1. The van der Waals surface area contributed by atoms with E-state index >= 15 is 0 Å². The van der Waals surface area contributed by atoms with E-state index in [1.165, 1.54) is 30.1 Å². The number of nitrogen functional groups attached to an aromatic ring is 4. The van der Waals surface area contributed by atoms with Crippen molar-refractivity contribution in [3.05, 3.63) is 28.4 Å². The van der Waals surface area contributed by atoms with Gasteiger partial charge in [0.2, 0.25) is 17.7 Å². The van der Waals surface area contributed by atoms with Crippen molar-refractivity contribution in [2.24, 2.45) is 5.16 Å². The summed E-state index contributed by atoms with van der Waals surface area (Å²) in [6.45, 7) is 1.21. The lowest BCUT2D eigenvalue weighted by Gasteiger charge is -2.50. The van der Waals surface area contributed by atoms with Crippen LogP contribution in [0.15, 0.2) is 33.0 Å². The maximum Gasteiger partial charge on any atom is 0.347 e. The van der Waals surface area contributed by atoms with Crippen LogP contribution < -0.4 is 38.1 Å². The van der Waals surface area contributed by atoms with E-state index in [0.29, 0.717) is 5.57 Å². The van der Waals surface area contributed by atoms with Crippen molar-refractivity contribution < 1.29 is 38.9 Å². The normalized spacial score (nSPS) is 19.5. The molecule has 2 unspecified atom stereocenters. The second-order valence-corrected chi connectivity index (χ2v) is 11.2. The molecule has 0 aliphatic carbocycles. The molecule has 17 nitrogen and oxygen atoms in total. The Bertz CT molecular complexity index is 1460. The number of nitrogens with one attached hydrogen (secondary N) is 1. The van der Waals surface area contributed by atoms with Crippen LogP contribution in [-0.2, 0) is 24.0 Å². The second-order valence-electron chi connectivity index (χ2n) is 8.24. The highest BCUT2D eigenvalue weighted by molar-refractivity contribution is 8.01. The van der Waals surface area contributed by atoms with Gasteiger partial charge in [-0.15, -0.1) is 27.8 Å². The molecule has 0 radical (unpaired) electrons. The molecule has 3 atom stereocenters. The maximum atomic E-state index is 13.1. The summed E-state index contributed by atoms with van der Waals surface area (Å²) in [4.78, 5) is 63.2. The summed E-state index contributed by atoms with van der Waals surface area (Å²) < 4.78 is 1.09. The molecule has 10 N–H and O–H groups in total. The fraction of sp³-hybridized carbons (Fsp3) is 0.300. The van der Waals surface area contributed by atoms with Gasteiger partial charge in [0, 0.05) is 16.9 Å². The smallest absolute Gasteiger partial charge is 0.347 e. The van der Waals surface area contributed by atoms with Crippen LogP contribution in [0.3, 0.4) is 0 Å². The van der Waals surface area contributed by atoms with Crippen molar-refractivity contribution in [1.82, 2.24) is 20.2 Å². The first-order valence-corrected chi connectivity index (χ1v) is 14.0. The van der Waals surface area contributed by atoms with Crippen molar-refractivity contribution in [2.45, 2.75) is 29.6 Å². The number of thioether (sulfide) groups is 2. The second kappa shape index (κ2) is 11.4. The standard InChI is InChI=1S/C20H22N10O7S3/c1-6(17(33)34)37-28-11(8-5-39-19(23)25-8)14(31)27-12-15(32)29-13(18(35)36)7(3-38-16(12)29)4-40-20-26-9(21)2-10(22)30(20)24/h2,5-6,12,16H,3-4,24H2,1H3,(H8,21,22,23,25,27,31,33,34,35,36)/b28-11-/t6?,12?,16-/m1/s1. The van der Waals surface area contributed by atoms with E-state index in [9.17, 15) is 24.3 Å². The zero-order valence-electron chi connectivity index (χ0n) is 20.5. The maximum absolute atomic E-state index is 13.1. The number of anilines is 3. The number of fused-ring (bicyclic) bond motifs is 1. The molecular formula is C20H22N10O7S3. The molecule has 0 saturated carbocycles. The Labute approximate surface area is 237 Å². The first-order valence-electron chi connectivity index (χ1n) is 11.1. The Kier molecular flexibility index (Phi) is 8.21. The lowest BCUT2D eigenvalue weighted by Crippen LogP contribution is -2.71. The highest BCUT2D eigenvalue weighted by atomic mass is 32.2. The Balaban J connectivity index is 1.52. The van der Waals surface area contributed by atoms with Gasteiger partial charge in [-0.05, 0) is 24.3 Å². The number of oxime groups is 1. The molecule has 0 spiro atoms. The lowest BCUT2D eigenvalue weighted by molar-refractivity contribution is -0.667. The van der Waals surface area contributed by atoms with E-state index < -0.39 is 47.0 Å². The number of carboxylic acid groups (broad SMARTS) is 2. The van der Waals surface area contributed by atoms with Gasteiger partial charge in [0.15, 0.2) is 10.8 Å². The van der Waals surface area contributed by atoms with Gasteiger partial charge in [-0.25, -0.2) is 9.78 Å². The average Bonchev–Trinajstić information content (AvgIpc) is 3.33. The number of hydrogen-bond donors (Lipinski definition) is 6. The molecule has 2 aliphatic rings. The Morgan fingerprint density at radius 1 is 1.38 bits per heavy atom. The summed E-state index contributed by atoms with van der Waals surface area (Å²) >= 11 is 3.28. The number of carbonyl (C=O) groups is 4. The van der Waals surface area contributed by atoms with Gasteiger partial charge in [-0.3, -0.25) is 20.3 Å².